The van der Waals surface area contributed by atoms with E-state index in [4.69, 9.17) is 5.11 Å². The number of rotatable bonds is 2. The molecule has 3 nitrogen and oxygen atoms in total. The van der Waals surface area contributed by atoms with Crippen molar-refractivity contribution in [2.24, 2.45) is 5.41 Å². The first-order chi connectivity index (χ1) is 4.75. The van der Waals surface area contributed by atoms with Gasteiger partial charge in [-0.3, -0.25) is 4.79 Å². The molecule has 1 aliphatic heterocycles. The van der Waals surface area contributed by atoms with Gasteiger partial charge in [0.25, 0.3) is 0 Å². The van der Waals surface area contributed by atoms with Gasteiger partial charge >= 0.3 is 0 Å². The number of aliphatic hydroxyl groups is 1. The van der Waals surface area contributed by atoms with E-state index in [1.54, 1.807) is 0 Å². The van der Waals surface area contributed by atoms with Crippen LogP contribution < -0.4 is 5.32 Å². The van der Waals surface area contributed by atoms with Crippen LogP contribution in [0.25, 0.3) is 0 Å². The number of amides is 1. The molecule has 3 heteroatoms. The Morgan fingerprint density at radius 1 is 1.80 bits per heavy atom. The summed E-state index contributed by atoms with van der Waals surface area (Å²) in [6, 6.07) is 0. The fourth-order valence-electron chi connectivity index (χ4n) is 1.32. The van der Waals surface area contributed by atoms with E-state index in [0.717, 1.165) is 12.8 Å². The van der Waals surface area contributed by atoms with Gasteiger partial charge in [0.2, 0.25) is 5.91 Å². The topological polar surface area (TPSA) is 49.3 Å². The largest absolute Gasteiger partial charge is 0.395 e. The summed E-state index contributed by atoms with van der Waals surface area (Å²) in [5.41, 5.74) is -0.458. The normalized spacial score (nSPS) is 32.4. The van der Waals surface area contributed by atoms with Crippen molar-refractivity contribution >= 4 is 5.91 Å². The predicted molar refractivity (Wildman–Crippen MR) is 37.4 cm³/mol. The SMILES string of the molecule is CCC1(CO)CCNC1=O. The molecule has 0 saturated carbocycles. The van der Waals surface area contributed by atoms with Gasteiger partial charge in [0.15, 0.2) is 0 Å². The fraction of sp³-hybridized carbons (Fsp3) is 0.857. The maximum atomic E-state index is 11.1. The second-order valence-electron chi connectivity index (χ2n) is 2.80. The minimum atomic E-state index is -0.458. The van der Waals surface area contributed by atoms with Crippen LogP contribution in [0.3, 0.4) is 0 Å². The van der Waals surface area contributed by atoms with Crippen molar-refractivity contribution in [2.45, 2.75) is 19.8 Å². The molecular formula is C7H13NO2. The van der Waals surface area contributed by atoms with Gasteiger partial charge in [-0.05, 0) is 12.8 Å². The van der Waals surface area contributed by atoms with Crippen molar-refractivity contribution in [1.29, 1.82) is 0 Å². The van der Waals surface area contributed by atoms with Crippen LogP contribution in [0.15, 0.2) is 0 Å². The van der Waals surface area contributed by atoms with Crippen LogP contribution in [0.2, 0.25) is 0 Å². The Kier molecular flexibility index (Phi) is 1.94. The molecule has 0 aromatic carbocycles. The molecule has 10 heavy (non-hydrogen) atoms. The summed E-state index contributed by atoms with van der Waals surface area (Å²) >= 11 is 0. The van der Waals surface area contributed by atoms with E-state index >= 15 is 0 Å². The highest BCUT2D eigenvalue weighted by atomic mass is 16.3. The third-order valence-corrected chi connectivity index (χ3v) is 2.35. The lowest BCUT2D eigenvalue weighted by Gasteiger charge is -2.20. The summed E-state index contributed by atoms with van der Waals surface area (Å²) in [4.78, 5) is 11.1. The molecule has 1 amide bonds. The monoisotopic (exact) mass is 143 g/mol. The number of hydrogen-bond acceptors (Lipinski definition) is 2. The van der Waals surface area contributed by atoms with Crippen LogP contribution in [-0.2, 0) is 4.79 Å². The molecule has 0 spiro atoms. The maximum absolute atomic E-state index is 11.1. The third-order valence-electron chi connectivity index (χ3n) is 2.35. The Morgan fingerprint density at radius 2 is 2.50 bits per heavy atom. The first-order valence-electron chi connectivity index (χ1n) is 3.64. The van der Waals surface area contributed by atoms with Crippen molar-refractivity contribution in [3.63, 3.8) is 0 Å². The molecule has 0 radical (unpaired) electrons. The fourth-order valence-corrected chi connectivity index (χ4v) is 1.32. The molecule has 1 rings (SSSR count). The van der Waals surface area contributed by atoms with Crippen LogP contribution >= 0.6 is 0 Å². The zero-order chi connectivity index (χ0) is 7.61. The van der Waals surface area contributed by atoms with Gasteiger partial charge in [-0.1, -0.05) is 6.92 Å². The van der Waals surface area contributed by atoms with Gasteiger partial charge in [-0.2, -0.15) is 0 Å². The second kappa shape index (κ2) is 2.58. The lowest BCUT2D eigenvalue weighted by Crippen LogP contribution is -2.33. The first kappa shape index (κ1) is 7.54. The Bertz CT molecular complexity index is 141. The summed E-state index contributed by atoms with van der Waals surface area (Å²) in [7, 11) is 0. The Morgan fingerprint density at radius 3 is 2.70 bits per heavy atom. The van der Waals surface area contributed by atoms with Gasteiger partial charge in [-0.15, -0.1) is 0 Å². The molecule has 1 saturated heterocycles. The van der Waals surface area contributed by atoms with E-state index in [1.807, 2.05) is 6.92 Å². The van der Waals surface area contributed by atoms with Gasteiger partial charge in [0, 0.05) is 6.54 Å². The Balaban J connectivity index is 2.71. The van der Waals surface area contributed by atoms with Crippen LogP contribution in [0.4, 0.5) is 0 Å². The molecule has 58 valence electrons. The third kappa shape index (κ3) is 0.904. The highest BCUT2D eigenvalue weighted by Crippen LogP contribution is 2.29. The van der Waals surface area contributed by atoms with Crippen molar-refractivity contribution in [3.8, 4) is 0 Å². The van der Waals surface area contributed by atoms with Gasteiger partial charge < -0.3 is 10.4 Å². The smallest absolute Gasteiger partial charge is 0.228 e. The first-order valence-corrected chi connectivity index (χ1v) is 3.64. The molecule has 1 heterocycles. The highest BCUT2D eigenvalue weighted by molar-refractivity contribution is 5.84. The quantitative estimate of drug-likeness (QED) is 0.567. The van der Waals surface area contributed by atoms with Crippen molar-refractivity contribution < 1.29 is 9.90 Å². The second-order valence-corrected chi connectivity index (χ2v) is 2.80. The van der Waals surface area contributed by atoms with Gasteiger partial charge in [-0.25, -0.2) is 0 Å². The maximum Gasteiger partial charge on any atom is 0.228 e. The molecule has 0 aromatic heterocycles. The van der Waals surface area contributed by atoms with E-state index in [2.05, 4.69) is 5.32 Å². The van der Waals surface area contributed by atoms with E-state index in [0.29, 0.717) is 6.54 Å². The number of carbonyl (C=O) groups excluding carboxylic acids is 1. The highest BCUT2D eigenvalue weighted by Gasteiger charge is 2.39. The number of carbonyl (C=O) groups is 1. The van der Waals surface area contributed by atoms with E-state index in [1.165, 1.54) is 0 Å². The van der Waals surface area contributed by atoms with Crippen LogP contribution in [0, 0.1) is 5.41 Å². The molecule has 0 bridgehead atoms. The van der Waals surface area contributed by atoms with Crippen LogP contribution in [0.1, 0.15) is 19.8 Å². The van der Waals surface area contributed by atoms with Crippen molar-refractivity contribution in [2.75, 3.05) is 13.2 Å². The molecule has 1 fully saturated rings. The van der Waals surface area contributed by atoms with Crippen molar-refractivity contribution in [3.05, 3.63) is 0 Å². The minimum absolute atomic E-state index is 0.0116. The van der Waals surface area contributed by atoms with Gasteiger partial charge in [0.1, 0.15) is 0 Å². The summed E-state index contributed by atoms with van der Waals surface area (Å²) in [6.45, 7) is 2.63. The standard InChI is InChI=1S/C7H13NO2/c1-2-7(5-9)3-4-8-6(7)10/h9H,2-5H2,1H3,(H,8,10). The summed E-state index contributed by atoms with van der Waals surface area (Å²) < 4.78 is 0. The van der Waals surface area contributed by atoms with E-state index in [9.17, 15) is 4.79 Å². The number of hydrogen-bond donors (Lipinski definition) is 2. The average molecular weight is 143 g/mol. The average Bonchev–Trinajstić information content (AvgIpc) is 2.32. The number of aliphatic hydroxyl groups excluding tert-OH is 1. The Hall–Kier alpha value is -0.570. The van der Waals surface area contributed by atoms with E-state index < -0.39 is 5.41 Å². The van der Waals surface area contributed by atoms with Crippen LogP contribution in [0.5, 0.6) is 0 Å². The molecular weight excluding hydrogens is 130 g/mol. The van der Waals surface area contributed by atoms with Gasteiger partial charge in [0.05, 0.1) is 12.0 Å². The number of nitrogens with one attached hydrogen (secondary N) is 1. The van der Waals surface area contributed by atoms with Crippen molar-refractivity contribution in [1.82, 2.24) is 5.32 Å². The zero-order valence-electron chi connectivity index (χ0n) is 6.18. The summed E-state index contributed by atoms with van der Waals surface area (Å²) in [5.74, 6) is 0.0116. The molecule has 0 aliphatic carbocycles. The van der Waals surface area contributed by atoms with Crippen LogP contribution in [-0.4, -0.2) is 24.2 Å². The Labute approximate surface area is 60.4 Å². The minimum Gasteiger partial charge on any atom is -0.395 e. The summed E-state index contributed by atoms with van der Waals surface area (Å²) in [5, 5.41) is 11.6. The zero-order valence-corrected chi connectivity index (χ0v) is 6.18. The molecule has 2 N–H and O–H groups in total. The molecule has 1 atom stereocenters. The lowest BCUT2D eigenvalue weighted by molar-refractivity contribution is -0.129. The summed E-state index contributed by atoms with van der Waals surface area (Å²) in [6.07, 6.45) is 1.51. The molecule has 0 aromatic rings. The predicted octanol–water partition coefficient (Wildman–Crippen LogP) is -0.105. The molecule has 1 aliphatic rings. The molecule has 1 unspecified atom stereocenters. The lowest BCUT2D eigenvalue weighted by atomic mass is 9.85. The van der Waals surface area contributed by atoms with E-state index in [-0.39, 0.29) is 12.5 Å².